The van der Waals surface area contributed by atoms with Crippen LogP contribution in [0, 0.1) is 0 Å². The van der Waals surface area contributed by atoms with E-state index in [1.807, 2.05) is 6.92 Å². The van der Waals surface area contributed by atoms with Gasteiger partial charge in [0.15, 0.2) is 0 Å². The van der Waals surface area contributed by atoms with Gasteiger partial charge in [0, 0.05) is 26.2 Å². The third kappa shape index (κ3) is 4.68. The Morgan fingerprint density at radius 2 is 1.80 bits per heavy atom. The van der Waals surface area contributed by atoms with E-state index in [0.717, 1.165) is 12.1 Å². The van der Waals surface area contributed by atoms with E-state index in [2.05, 4.69) is 5.10 Å². The van der Waals surface area contributed by atoms with Crippen LogP contribution in [0.4, 0.5) is 13.2 Å². The van der Waals surface area contributed by atoms with E-state index in [-0.39, 0.29) is 17.8 Å². The van der Waals surface area contributed by atoms with Gasteiger partial charge in [-0.25, -0.2) is 4.68 Å². The Hall–Kier alpha value is -2.64. The first-order chi connectivity index (χ1) is 11.7. The van der Waals surface area contributed by atoms with Crippen molar-refractivity contribution in [1.29, 1.82) is 0 Å². The van der Waals surface area contributed by atoms with Crippen LogP contribution in [0.15, 0.2) is 41.2 Å². The summed E-state index contributed by atoms with van der Waals surface area (Å²) in [4.78, 5) is 25.4. The number of halogens is 3. The van der Waals surface area contributed by atoms with Gasteiger partial charge in [-0.3, -0.25) is 9.59 Å². The molecule has 1 aromatic heterocycles. The van der Waals surface area contributed by atoms with E-state index < -0.39 is 17.6 Å². The van der Waals surface area contributed by atoms with Crippen LogP contribution in [0.3, 0.4) is 0 Å². The maximum absolute atomic E-state index is 12.6. The van der Waals surface area contributed by atoms with Crippen LogP contribution < -0.4 is 5.56 Å². The summed E-state index contributed by atoms with van der Waals surface area (Å²) in [6, 6.07) is 7.25. The van der Waals surface area contributed by atoms with Crippen LogP contribution in [0.2, 0.25) is 0 Å². The highest BCUT2D eigenvalue weighted by Crippen LogP contribution is 2.29. The zero-order valence-electron chi connectivity index (χ0n) is 13.9. The quantitative estimate of drug-likeness (QED) is 0.830. The van der Waals surface area contributed by atoms with Gasteiger partial charge in [-0.2, -0.15) is 18.3 Å². The molecule has 0 bridgehead atoms. The van der Waals surface area contributed by atoms with Crippen molar-refractivity contribution in [2.45, 2.75) is 32.6 Å². The molecule has 0 saturated carbocycles. The molecule has 0 spiro atoms. The Morgan fingerprint density at radius 1 is 1.16 bits per heavy atom. The van der Waals surface area contributed by atoms with Crippen LogP contribution in [-0.2, 0) is 19.3 Å². The first-order valence-electron chi connectivity index (χ1n) is 7.72. The van der Waals surface area contributed by atoms with Crippen molar-refractivity contribution >= 4 is 5.91 Å². The highest BCUT2D eigenvalue weighted by Gasteiger charge is 2.30. The molecule has 1 aromatic carbocycles. The molecule has 0 unspecified atom stereocenters. The van der Waals surface area contributed by atoms with E-state index in [1.165, 1.54) is 40.9 Å². The second-order valence-corrected chi connectivity index (χ2v) is 5.64. The number of alkyl halides is 3. The van der Waals surface area contributed by atoms with Crippen molar-refractivity contribution in [2.24, 2.45) is 0 Å². The number of carbonyl (C=O) groups is 1. The Morgan fingerprint density at radius 3 is 2.36 bits per heavy atom. The lowest BCUT2D eigenvalue weighted by atomic mass is 10.1. The monoisotopic (exact) mass is 353 g/mol. The van der Waals surface area contributed by atoms with Crippen LogP contribution in [0.1, 0.15) is 35.0 Å². The topological polar surface area (TPSA) is 55.2 Å². The highest BCUT2D eigenvalue weighted by molar-refractivity contribution is 5.91. The fourth-order valence-corrected chi connectivity index (χ4v) is 2.28. The van der Waals surface area contributed by atoms with Crippen LogP contribution in [0.5, 0.6) is 0 Å². The van der Waals surface area contributed by atoms with Gasteiger partial charge in [0.2, 0.25) is 0 Å². The summed E-state index contributed by atoms with van der Waals surface area (Å²) in [6.45, 7) is 2.42. The molecule has 8 heteroatoms. The number of aryl methyl sites for hydroxylation is 1. The molecule has 0 N–H and O–H groups in total. The molecule has 0 aliphatic rings. The van der Waals surface area contributed by atoms with Gasteiger partial charge in [0.1, 0.15) is 5.69 Å². The number of hydrogen-bond donors (Lipinski definition) is 0. The van der Waals surface area contributed by atoms with Crippen LogP contribution >= 0.6 is 0 Å². The third-order valence-electron chi connectivity index (χ3n) is 3.57. The van der Waals surface area contributed by atoms with Gasteiger partial charge in [0.05, 0.1) is 5.56 Å². The first kappa shape index (κ1) is 18.7. The lowest BCUT2D eigenvalue weighted by Crippen LogP contribution is -2.31. The molecule has 1 amide bonds. The Balaban J connectivity index is 2.12. The lowest BCUT2D eigenvalue weighted by molar-refractivity contribution is -0.137. The Bertz CT molecular complexity index is 798. The zero-order chi connectivity index (χ0) is 18.6. The maximum Gasteiger partial charge on any atom is 0.416 e. The van der Waals surface area contributed by atoms with E-state index in [9.17, 15) is 22.8 Å². The summed E-state index contributed by atoms with van der Waals surface area (Å²) in [5, 5.41) is 4.04. The van der Waals surface area contributed by atoms with E-state index >= 15 is 0 Å². The summed E-state index contributed by atoms with van der Waals surface area (Å²) in [5.41, 5.74) is -0.351. The lowest BCUT2D eigenvalue weighted by Gasteiger charge is -2.17. The normalized spacial score (nSPS) is 11.4. The molecule has 0 atom stereocenters. The summed E-state index contributed by atoms with van der Waals surface area (Å²) < 4.78 is 38.9. The summed E-state index contributed by atoms with van der Waals surface area (Å²) in [5.74, 6) is -0.412. The number of rotatable bonds is 5. The molecule has 0 radical (unpaired) electrons. The van der Waals surface area contributed by atoms with Gasteiger partial charge in [-0.15, -0.1) is 0 Å². The molecule has 2 aromatic rings. The SMILES string of the molecule is CCCn1nc(C(=O)N(C)Cc2ccc(C(F)(F)F)cc2)ccc1=O. The van der Waals surface area contributed by atoms with Gasteiger partial charge in [-0.05, 0) is 30.2 Å². The third-order valence-corrected chi connectivity index (χ3v) is 3.57. The number of hydrogen-bond acceptors (Lipinski definition) is 3. The Labute approximate surface area is 142 Å². The van der Waals surface area contributed by atoms with Crippen molar-refractivity contribution in [2.75, 3.05) is 7.05 Å². The average Bonchev–Trinajstić information content (AvgIpc) is 2.56. The second-order valence-electron chi connectivity index (χ2n) is 5.64. The van der Waals surface area contributed by atoms with Crippen molar-refractivity contribution < 1.29 is 18.0 Å². The number of aromatic nitrogens is 2. The smallest absolute Gasteiger partial charge is 0.336 e. The average molecular weight is 353 g/mol. The van der Waals surface area contributed by atoms with Crippen molar-refractivity contribution in [3.63, 3.8) is 0 Å². The zero-order valence-corrected chi connectivity index (χ0v) is 13.9. The van der Waals surface area contributed by atoms with Gasteiger partial charge >= 0.3 is 6.18 Å². The number of carbonyl (C=O) groups excluding carboxylic acids is 1. The fourth-order valence-electron chi connectivity index (χ4n) is 2.28. The molecule has 2 rings (SSSR count). The minimum absolute atomic E-state index is 0.113. The first-order valence-corrected chi connectivity index (χ1v) is 7.72. The van der Waals surface area contributed by atoms with E-state index in [4.69, 9.17) is 0 Å². The van der Waals surface area contributed by atoms with Crippen LogP contribution in [0.25, 0.3) is 0 Å². The summed E-state index contributed by atoms with van der Waals surface area (Å²) in [7, 11) is 1.52. The predicted molar refractivity (Wildman–Crippen MR) is 86.0 cm³/mol. The summed E-state index contributed by atoms with van der Waals surface area (Å²) in [6.07, 6.45) is -3.69. The summed E-state index contributed by atoms with van der Waals surface area (Å²) >= 11 is 0. The molecular formula is C17H18F3N3O2. The molecule has 0 aliphatic heterocycles. The number of benzene rings is 1. The Kier molecular flexibility index (Phi) is 5.61. The van der Waals surface area contributed by atoms with Gasteiger partial charge in [0.25, 0.3) is 11.5 Å². The minimum atomic E-state index is -4.39. The second kappa shape index (κ2) is 7.50. The molecule has 134 valence electrons. The minimum Gasteiger partial charge on any atom is -0.336 e. The highest BCUT2D eigenvalue weighted by atomic mass is 19.4. The fraction of sp³-hybridized carbons (Fsp3) is 0.353. The molecule has 0 fully saturated rings. The largest absolute Gasteiger partial charge is 0.416 e. The van der Waals surface area contributed by atoms with Gasteiger partial charge < -0.3 is 4.90 Å². The van der Waals surface area contributed by atoms with Gasteiger partial charge in [-0.1, -0.05) is 19.1 Å². The molecule has 25 heavy (non-hydrogen) atoms. The molecule has 1 heterocycles. The maximum atomic E-state index is 12.6. The predicted octanol–water partition coefficient (Wildman–Crippen LogP) is 2.94. The van der Waals surface area contributed by atoms with Crippen molar-refractivity contribution in [3.05, 3.63) is 63.6 Å². The van der Waals surface area contributed by atoms with E-state index in [0.29, 0.717) is 18.5 Å². The number of nitrogens with zero attached hydrogens (tertiary/aromatic N) is 3. The van der Waals surface area contributed by atoms with Crippen molar-refractivity contribution in [3.8, 4) is 0 Å². The standard InChI is InChI=1S/C17H18F3N3O2/c1-3-10-23-15(24)9-8-14(21-23)16(25)22(2)11-12-4-6-13(7-5-12)17(18,19)20/h4-9H,3,10-11H2,1-2H3. The molecule has 5 nitrogen and oxygen atoms in total. The van der Waals surface area contributed by atoms with E-state index in [1.54, 1.807) is 0 Å². The number of amides is 1. The molecule has 0 aliphatic carbocycles. The molecule has 0 saturated heterocycles. The molecular weight excluding hydrogens is 335 g/mol. The van der Waals surface area contributed by atoms with Crippen molar-refractivity contribution in [1.82, 2.24) is 14.7 Å². The van der Waals surface area contributed by atoms with Crippen LogP contribution in [-0.4, -0.2) is 27.6 Å².